The molecular formula is C14H17N3O3. The molecule has 1 unspecified atom stereocenters. The SMILES string of the molecule is CCCCC(NC(=O)c1n[nH]c2ccccc12)C(=O)O. The minimum Gasteiger partial charge on any atom is -0.480 e. The lowest BCUT2D eigenvalue weighted by Crippen LogP contribution is -2.40. The monoisotopic (exact) mass is 275 g/mol. The molecule has 6 heteroatoms. The van der Waals surface area contributed by atoms with E-state index in [0.29, 0.717) is 11.8 Å². The molecule has 0 fully saturated rings. The highest BCUT2D eigenvalue weighted by molar-refractivity contribution is 6.05. The molecule has 0 spiro atoms. The van der Waals surface area contributed by atoms with Gasteiger partial charge < -0.3 is 10.4 Å². The van der Waals surface area contributed by atoms with E-state index in [1.807, 2.05) is 19.1 Å². The van der Waals surface area contributed by atoms with E-state index >= 15 is 0 Å². The van der Waals surface area contributed by atoms with Crippen LogP contribution in [0, 0.1) is 0 Å². The summed E-state index contributed by atoms with van der Waals surface area (Å²) in [6.07, 6.45) is 2.05. The van der Waals surface area contributed by atoms with Crippen molar-refractivity contribution in [2.75, 3.05) is 0 Å². The molecule has 0 radical (unpaired) electrons. The van der Waals surface area contributed by atoms with Crippen LogP contribution in [0.1, 0.15) is 36.7 Å². The minimum atomic E-state index is -1.02. The van der Waals surface area contributed by atoms with Gasteiger partial charge in [-0.2, -0.15) is 5.10 Å². The van der Waals surface area contributed by atoms with Gasteiger partial charge in [0.2, 0.25) is 0 Å². The number of hydrogen-bond donors (Lipinski definition) is 3. The Morgan fingerprint density at radius 3 is 2.85 bits per heavy atom. The van der Waals surface area contributed by atoms with Crippen LogP contribution in [0.15, 0.2) is 24.3 Å². The summed E-state index contributed by atoms with van der Waals surface area (Å²) >= 11 is 0. The van der Waals surface area contributed by atoms with Crippen molar-refractivity contribution in [1.82, 2.24) is 15.5 Å². The number of aliphatic carboxylic acids is 1. The van der Waals surface area contributed by atoms with Gasteiger partial charge in [-0.25, -0.2) is 4.79 Å². The third kappa shape index (κ3) is 2.96. The zero-order valence-corrected chi connectivity index (χ0v) is 11.2. The van der Waals surface area contributed by atoms with E-state index in [-0.39, 0.29) is 5.69 Å². The average molecular weight is 275 g/mol. The molecular weight excluding hydrogens is 258 g/mol. The Kier molecular flexibility index (Phi) is 4.34. The van der Waals surface area contributed by atoms with Crippen molar-refractivity contribution >= 4 is 22.8 Å². The van der Waals surface area contributed by atoms with Crippen LogP contribution >= 0.6 is 0 Å². The third-order valence-corrected chi connectivity index (χ3v) is 3.14. The second-order valence-electron chi connectivity index (χ2n) is 4.62. The Morgan fingerprint density at radius 2 is 2.15 bits per heavy atom. The van der Waals surface area contributed by atoms with Crippen molar-refractivity contribution in [3.63, 3.8) is 0 Å². The zero-order valence-electron chi connectivity index (χ0n) is 11.2. The summed E-state index contributed by atoms with van der Waals surface area (Å²) in [5.74, 6) is -1.49. The first kappa shape index (κ1) is 14.0. The van der Waals surface area contributed by atoms with Gasteiger partial charge in [0, 0.05) is 5.39 Å². The van der Waals surface area contributed by atoms with Gasteiger partial charge in [-0.15, -0.1) is 0 Å². The van der Waals surface area contributed by atoms with Gasteiger partial charge in [0.25, 0.3) is 5.91 Å². The van der Waals surface area contributed by atoms with E-state index in [0.717, 1.165) is 18.4 Å². The van der Waals surface area contributed by atoms with Crippen molar-refractivity contribution in [3.8, 4) is 0 Å². The van der Waals surface area contributed by atoms with E-state index in [1.54, 1.807) is 12.1 Å². The van der Waals surface area contributed by atoms with E-state index in [9.17, 15) is 9.59 Å². The lowest BCUT2D eigenvalue weighted by atomic mass is 10.1. The average Bonchev–Trinajstić information content (AvgIpc) is 2.87. The highest BCUT2D eigenvalue weighted by atomic mass is 16.4. The van der Waals surface area contributed by atoms with Crippen molar-refractivity contribution < 1.29 is 14.7 Å². The van der Waals surface area contributed by atoms with E-state index < -0.39 is 17.9 Å². The molecule has 1 atom stereocenters. The maximum Gasteiger partial charge on any atom is 0.326 e. The van der Waals surface area contributed by atoms with Gasteiger partial charge in [-0.1, -0.05) is 38.0 Å². The predicted octanol–water partition coefficient (Wildman–Crippen LogP) is 1.94. The first-order valence-electron chi connectivity index (χ1n) is 6.60. The molecule has 6 nitrogen and oxygen atoms in total. The molecule has 3 N–H and O–H groups in total. The summed E-state index contributed by atoms with van der Waals surface area (Å²) in [5, 5.41) is 19.0. The number of carbonyl (C=O) groups is 2. The number of H-pyrrole nitrogens is 1. The number of amides is 1. The smallest absolute Gasteiger partial charge is 0.326 e. The Morgan fingerprint density at radius 1 is 1.40 bits per heavy atom. The summed E-state index contributed by atoms with van der Waals surface area (Å²) < 4.78 is 0. The molecule has 20 heavy (non-hydrogen) atoms. The second kappa shape index (κ2) is 6.18. The molecule has 0 saturated carbocycles. The van der Waals surface area contributed by atoms with Crippen molar-refractivity contribution in [3.05, 3.63) is 30.0 Å². The normalized spacial score (nSPS) is 12.2. The van der Waals surface area contributed by atoms with Crippen LogP contribution in [0.5, 0.6) is 0 Å². The standard InChI is InChI=1S/C14H17N3O3/c1-2-3-7-11(14(19)20)15-13(18)12-9-6-4-5-8-10(9)16-17-12/h4-6,8,11H,2-3,7H2,1H3,(H,15,18)(H,16,17)(H,19,20). The topological polar surface area (TPSA) is 95.1 Å². The highest BCUT2D eigenvalue weighted by Crippen LogP contribution is 2.15. The number of para-hydroxylation sites is 1. The number of carbonyl (C=O) groups excluding carboxylic acids is 1. The maximum absolute atomic E-state index is 12.1. The maximum atomic E-state index is 12.1. The number of fused-ring (bicyclic) bond motifs is 1. The number of carboxylic acids is 1. The first-order valence-corrected chi connectivity index (χ1v) is 6.60. The van der Waals surface area contributed by atoms with Crippen LogP contribution in [0.25, 0.3) is 10.9 Å². The molecule has 2 aromatic rings. The molecule has 0 aliphatic rings. The predicted molar refractivity (Wildman–Crippen MR) is 74.5 cm³/mol. The molecule has 0 bridgehead atoms. The van der Waals surface area contributed by atoms with Crippen LogP contribution in [0.2, 0.25) is 0 Å². The fourth-order valence-electron chi connectivity index (χ4n) is 2.03. The van der Waals surface area contributed by atoms with Gasteiger partial charge in [0.05, 0.1) is 5.52 Å². The number of nitrogens with one attached hydrogen (secondary N) is 2. The van der Waals surface area contributed by atoms with E-state index in [2.05, 4.69) is 15.5 Å². The molecule has 1 amide bonds. The Hall–Kier alpha value is -2.37. The summed E-state index contributed by atoms with van der Waals surface area (Å²) in [5.41, 5.74) is 0.974. The zero-order chi connectivity index (χ0) is 14.5. The van der Waals surface area contributed by atoms with Gasteiger partial charge in [0.1, 0.15) is 6.04 Å². The van der Waals surface area contributed by atoms with Gasteiger partial charge in [0.15, 0.2) is 5.69 Å². The van der Waals surface area contributed by atoms with Crippen LogP contribution in [0.3, 0.4) is 0 Å². The summed E-state index contributed by atoms with van der Waals surface area (Å²) in [4.78, 5) is 23.3. The number of aromatic amines is 1. The largest absolute Gasteiger partial charge is 0.480 e. The van der Waals surface area contributed by atoms with Crippen molar-refractivity contribution in [2.45, 2.75) is 32.2 Å². The number of benzene rings is 1. The van der Waals surface area contributed by atoms with Crippen LogP contribution < -0.4 is 5.32 Å². The third-order valence-electron chi connectivity index (χ3n) is 3.14. The first-order chi connectivity index (χ1) is 9.63. The van der Waals surface area contributed by atoms with Crippen LogP contribution in [0.4, 0.5) is 0 Å². The number of unbranched alkanes of at least 4 members (excludes halogenated alkanes) is 1. The molecule has 1 heterocycles. The van der Waals surface area contributed by atoms with E-state index in [4.69, 9.17) is 5.11 Å². The van der Waals surface area contributed by atoms with Crippen molar-refractivity contribution in [2.24, 2.45) is 0 Å². The fourth-order valence-corrected chi connectivity index (χ4v) is 2.03. The molecule has 1 aromatic carbocycles. The second-order valence-corrected chi connectivity index (χ2v) is 4.62. The Balaban J connectivity index is 2.16. The number of nitrogens with zero attached hydrogens (tertiary/aromatic N) is 1. The quantitative estimate of drug-likeness (QED) is 0.750. The van der Waals surface area contributed by atoms with Crippen LogP contribution in [-0.2, 0) is 4.79 Å². The molecule has 0 aliphatic heterocycles. The minimum absolute atomic E-state index is 0.225. The van der Waals surface area contributed by atoms with E-state index in [1.165, 1.54) is 0 Å². The van der Waals surface area contributed by atoms with Gasteiger partial charge in [-0.05, 0) is 12.5 Å². The molecule has 2 rings (SSSR count). The Bertz CT molecular complexity index is 621. The Labute approximate surface area is 116 Å². The summed E-state index contributed by atoms with van der Waals surface area (Å²) in [6.45, 7) is 1.97. The number of hydrogen-bond acceptors (Lipinski definition) is 3. The number of rotatable bonds is 6. The number of carboxylic acid groups (broad SMARTS) is 1. The summed E-state index contributed by atoms with van der Waals surface area (Å²) in [7, 11) is 0. The molecule has 106 valence electrons. The highest BCUT2D eigenvalue weighted by Gasteiger charge is 2.22. The molecule has 0 saturated heterocycles. The molecule has 1 aromatic heterocycles. The van der Waals surface area contributed by atoms with Crippen molar-refractivity contribution in [1.29, 1.82) is 0 Å². The van der Waals surface area contributed by atoms with Crippen LogP contribution in [-0.4, -0.2) is 33.2 Å². The fraction of sp³-hybridized carbons (Fsp3) is 0.357. The lowest BCUT2D eigenvalue weighted by molar-refractivity contribution is -0.139. The molecule has 0 aliphatic carbocycles. The van der Waals surface area contributed by atoms with Gasteiger partial charge in [-0.3, -0.25) is 9.89 Å². The summed E-state index contributed by atoms with van der Waals surface area (Å²) in [6, 6.07) is 6.35. The van der Waals surface area contributed by atoms with Gasteiger partial charge >= 0.3 is 5.97 Å². The number of aromatic nitrogens is 2. The lowest BCUT2D eigenvalue weighted by Gasteiger charge is -2.13.